The minimum Gasteiger partial charge on any atom is -0.348 e. The summed E-state index contributed by atoms with van der Waals surface area (Å²) in [5.41, 5.74) is 3.46. The van der Waals surface area contributed by atoms with Gasteiger partial charge in [-0.2, -0.15) is 0 Å². The summed E-state index contributed by atoms with van der Waals surface area (Å²) >= 11 is 0. The third-order valence-corrected chi connectivity index (χ3v) is 5.95. The van der Waals surface area contributed by atoms with E-state index in [1.807, 2.05) is 11.0 Å². The molecule has 2 unspecified atom stereocenters. The van der Waals surface area contributed by atoms with Crippen molar-refractivity contribution in [2.24, 2.45) is 0 Å². The van der Waals surface area contributed by atoms with Gasteiger partial charge in [0, 0.05) is 36.2 Å². The van der Waals surface area contributed by atoms with Gasteiger partial charge in [0.25, 0.3) is 0 Å². The normalized spacial score (nSPS) is 24.8. The van der Waals surface area contributed by atoms with Crippen molar-refractivity contribution in [2.45, 2.75) is 57.0 Å². The number of nitrogens with one attached hydrogen (secondary N) is 2. The van der Waals surface area contributed by atoms with Gasteiger partial charge in [-0.05, 0) is 38.7 Å². The second-order valence-electron chi connectivity index (χ2n) is 7.77. The molecule has 2 aromatic rings. The van der Waals surface area contributed by atoms with E-state index in [1.54, 1.807) is 6.33 Å². The van der Waals surface area contributed by atoms with Gasteiger partial charge in [-0.3, -0.25) is 0 Å². The average molecular weight is 338 g/mol. The Balaban J connectivity index is 1.44. The fraction of sp³-hybridized carbons (Fsp3) is 0.500. The number of benzene rings is 1. The number of likely N-dealkylation sites (tertiary alicyclic amines) is 1. The summed E-state index contributed by atoms with van der Waals surface area (Å²) in [5, 5.41) is 3.26. The van der Waals surface area contributed by atoms with Crippen molar-refractivity contribution in [1.82, 2.24) is 20.2 Å². The van der Waals surface area contributed by atoms with Crippen LogP contribution < -0.4 is 5.32 Å². The molecule has 2 N–H and O–H groups in total. The van der Waals surface area contributed by atoms with E-state index in [4.69, 9.17) is 0 Å². The zero-order valence-corrected chi connectivity index (χ0v) is 15.0. The highest BCUT2D eigenvalue weighted by atomic mass is 16.2. The van der Waals surface area contributed by atoms with E-state index in [1.165, 1.54) is 11.3 Å². The molecule has 2 amide bonds. The number of aromatic amines is 1. The molecule has 2 aliphatic rings. The number of aryl methyl sites for hydroxylation is 1. The first-order valence-electron chi connectivity index (χ1n) is 9.20. The number of fused-ring (bicyclic) bond motifs is 1. The van der Waals surface area contributed by atoms with E-state index >= 15 is 0 Å². The summed E-state index contributed by atoms with van der Waals surface area (Å²) < 4.78 is 0. The van der Waals surface area contributed by atoms with Crippen LogP contribution in [0.25, 0.3) is 0 Å². The number of amides is 2. The monoisotopic (exact) mass is 338 g/mol. The fourth-order valence-corrected chi connectivity index (χ4v) is 4.49. The minimum absolute atomic E-state index is 0.0661. The molecule has 5 heteroatoms. The van der Waals surface area contributed by atoms with E-state index in [-0.39, 0.29) is 17.6 Å². The Hall–Kier alpha value is -2.30. The summed E-state index contributed by atoms with van der Waals surface area (Å²) in [6.07, 6.45) is 5.50. The minimum atomic E-state index is -0.181. The van der Waals surface area contributed by atoms with Crippen LogP contribution in [0.5, 0.6) is 0 Å². The van der Waals surface area contributed by atoms with Crippen LogP contribution >= 0.6 is 0 Å². The lowest BCUT2D eigenvalue weighted by atomic mass is 9.83. The number of hydrogen-bond donors (Lipinski definition) is 2. The van der Waals surface area contributed by atoms with Crippen LogP contribution in [0, 0.1) is 0 Å². The lowest BCUT2D eigenvalue weighted by Gasteiger charge is -2.37. The molecule has 1 fully saturated rings. The SMILES string of the molecule is CC1(C)C(c2ccccc2)CCN1C(=O)NC1CCc2nc[nH]c2C1. The Kier molecular flexibility index (Phi) is 4.02. The quantitative estimate of drug-likeness (QED) is 0.883. The lowest BCUT2D eigenvalue weighted by Crippen LogP contribution is -2.53. The summed E-state index contributed by atoms with van der Waals surface area (Å²) in [7, 11) is 0. The second kappa shape index (κ2) is 6.21. The van der Waals surface area contributed by atoms with Crippen molar-refractivity contribution in [3.8, 4) is 0 Å². The van der Waals surface area contributed by atoms with Crippen molar-refractivity contribution in [3.05, 3.63) is 53.6 Å². The molecule has 1 aliphatic carbocycles. The van der Waals surface area contributed by atoms with E-state index in [0.29, 0.717) is 5.92 Å². The van der Waals surface area contributed by atoms with Crippen LogP contribution in [0.4, 0.5) is 4.79 Å². The van der Waals surface area contributed by atoms with Crippen molar-refractivity contribution >= 4 is 6.03 Å². The molecule has 1 saturated heterocycles. The number of urea groups is 1. The molecule has 5 nitrogen and oxygen atoms in total. The van der Waals surface area contributed by atoms with Gasteiger partial charge in [0.15, 0.2) is 0 Å². The van der Waals surface area contributed by atoms with Crippen LogP contribution in [0.1, 0.15) is 49.6 Å². The maximum Gasteiger partial charge on any atom is 0.318 e. The summed E-state index contributed by atoms with van der Waals surface area (Å²) in [5.74, 6) is 0.380. The molecule has 0 radical (unpaired) electrons. The number of aromatic nitrogens is 2. The van der Waals surface area contributed by atoms with Crippen LogP contribution in [-0.4, -0.2) is 39.0 Å². The highest BCUT2D eigenvalue weighted by molar-refractivity contribution is 5.76. The van der Waals surface area contributed by atoms with Gasteiger partial charge >= 0.3 is 6.03 Å². The van der Waals surface area contributed by atoms with E-state index in [0.717, 1.165) is 37.9 Å². The molecule has 2 heterocycles. The van der Waals surface area contributed by atoms with Crippen molar-refractivity contribution < 1.29 is 4.79 Å². The molecule has 0 saturated carbocycles. The predicted octanol–water partition coefficient (Wildman–Crippen LogP) is 3.24. The van der Waals surface area contributed by atoms with Gasteiger partial charge < -0.3 is 15.2 Å². The average Bonchev–Trinajstić information content (AvgIpc) is 3.18. The highest BCUT2D eigenvalue weighted by Gasteiger charge is 2.44. The molecule has 0 spiro atoms. The van der Waals surface area contributed by atoms with Gasteiger partial charge in [-0.1, -0.05) is 30.3 Å². The summed E-state index contributed by atoms with van der Waals surface area (Å²) in [4.78, 5) is 22.5. The fourth-order valence-electron chi connectivity index (χ4n) is 4.49. The first kappa shape index (κ1) is 16.2. The molecular weight excluding hydrogens is 312 g/mol. The third kappa shape index (κ3) is 2.92. The van der Waals surface area contributed by atoms with Gasteiger partial charge in [0.1, 0.15) is 0 Å². The van der Waals surface area contributed by atoms with Gasteiger partial charge in [-0.25, -0.2) is 9.78 Å². The Morgan fingerprint density at radius 1 is 1.28 bits per heavy atom. The van der Waals surface area contributed by atoms with Crippen molar-refractivity contribution in [3.63, 3.8) is 0 Å². The molecule has 132 valence electrons. The number of carbonyl (C=O) groups is 1. The van der Waals surface area contributed by atoms with Crippen molar-refractivity contribution in [1.29, 1.82) is 0 Å². The second-order valence-corrected chi connectivity index (χ2v) is 7.77. The maximum absolute atomic E-state index is 12.9. The van der Waals surface area contributed by atoms with Gasteiger partial charge in [0.2, 0.25) is 0 Å². The number of rotatable bonds is 2. The van der Waals surface area contributed by atoms with Crippen molar-refractivity contribution in [2.75, 3.05) is 6.54 Å². The van der Waals surface area contributed by atoms with E-state index < -0.39 is 0 Å². The number of hydrogen-bond acceptors (Lipinski definition) is 2. The van der Waals surface area contributed by atoms with E-state index in [9.17, 15) is 4.79 Å². The van der Waals surface area contributed by atoms with Gasteiger partial charge in [0.05, 0.1) is 12.0 Å². The Labute approximate surface area is 148 Å². The van der Waals surface area contributed by atoms with Crippen LogP contribution in [-0.2, 0) is 12.8 Å². The zero-order valence-electron chi connectivity index (χ0n) is 15.0. The molecular formula is C20H26N4O. The van der Waals surface area contributed by atoms with Gasteiger partial charge in [-0.15, -0.1) is 0 Å². The summed E-state index contributed by atoms with van der Waals surface area (Å²) in [6.45, 7) is 5.18. The topological polar surface area (TPSA) is 61.0 Å². The number of nitrogens with zero attached hydrogens (tertiary/aromatic N) is 2. The van der Waals surface area contributed by atoms with Crippen LogP contribution in [0.15, 0.2) is 36.7 Å². The number of H-pyrrole nitrogens is 1. The van der Waals surface area contributed by atoms with E-state index in [2.05, 4.69) is 53.4 Å². The maximum atomic E-state index is 12.9. The lowest BCUT2D eigenvalue weighted by molar-refractivity contribution is 0.154. The Bertz CT molecular complexity index is 752. The summed E-state index contributed by atoms with van der Waals surface area (Å²) in [6, 6.07) is 10.8. The highest BCUT2D eigenvalue weighted by Crippen LogP contribution is 2.41. The molecule has 2 atom stereocenters. The standard InChI is InChI=1S/C20H26N4O/c1-20(2)16(14-6-4-3-5-7-14)10-11-24(20)19(25)23-15-8-9-17-18(12-15)22-13-21-17/h3-7,13,15-16H,8-12H2,1-2H3,(H,21,22)(H,23,25). The first-order valence-corrected chi connectivity index (χ1v) is 9.20. The Morgan fingerprint density at radius 3 is 2.88 bits per heavy atom. The number of imidazole rings is 1. The third-order valence-electron chi connectivity index (χ3n) is 5.95. The molecule has 1 aliphatic heterocycles. The van der Waals surface area contributed by atoms with Crippen LogP contribution in [0.3, 0.4) is 0 Å². The molecule has 4 rings (SSSR count). The first-order chi connectivity index (χ1) is 12.1. The zero-order chi connectivity index (χ0) is 17.4. The number of carbonyl (C=O) groups excluding carboxylic acids is 1. The molecule has 0 bridgehead atoms. The Morgan fingerprint density at radius 2 is 2.08 bits per heavy atom. The van der Waals surface area contributed by atoms with Crippen LogP contribution in [0.2, 0.25) is 0 Å². The predicted molar refractivity (Wildman–Crippen MR) is 97.5 cm³/mol. The smallest absolute Gasteiger partial charge is 0.318 e. The molecule has 1 aromatic heterocycles. The molecule has 1 aromatic carbocycles. The molecule has 25 heavy (non-hydrogen) atoms. The largest absolute Gasteiger partial charge is 0.348 e.